The lowest BCUT2D eigenvalue weighted by Crippen LogP contribution is -2.52. The quantitative estimate of drug-likeness (QED) is 0.603. The number of hydrogen-bond acceptors (Lipinski definition) is 4. The summed E-state index contributed by atoms with van der Waals surface area (Å²) in [6, 6.07) is 19.7. The molecule has 0 aliphatic carbocycles. The number of amides is 1. The molecule has 1 aliphatic heterocycles. The van der Waals surface area contributed by atoms with E-state index in [4.69, 9.17) is 4.74 Å². The summed E-state index contributed by atoms with van der Waals surface area (Å²) < 4.78 is 34.1. The predicted molar refractivity (Wildman–Crippen MR) is 127 cm³/mol. The lowest BCUT2D eigenvalue weighted by atomic mass is 9.95. The fourth-order valence-electron chi connectivity index (χ4n) is 4.18. The third-order valence-corrected chi connectivity index (χ3v) is 8.04. The molecule has 0 aromatic heterocycles. The Balaban J connectivity index is 1.66. The number of ether oxygens (including phenoxy) is 1. The van der Waals surface area contributed by atoms with E-state index in [0.717, 1.165) is 22.3 Å². The molecule has 1 amide bonds. The van der Waals surface area contributed by atoms with Gasteiger partial charge in [0.25, 0.3) is 0 Å². The summed E-state index contributed by atoms with van der Waals surface area (Å²) >= 11 is 0. The third kappa shape index (κ3) is 4.79. The van der Waals surface area contributed by atoms with Gasteiger partial charge in [-0.1, -0.05) is 48.5 Å². The van der Waals surface area contributed by atoms with Crippen molar-refractivity contribution in [3.63, 3.8) is 0 Å². The highest BCUT2D eigenvalue weighted by Gasteiger charge is 2.40. The Labute approximate surface area is 195 Å². The fourth-order valence-corrected chi connectivity index (χ4v) is 6.05. The summed E-state index contributed by atoms with van der Waals surface area (Å²) in [6.45, 7) is 4.08. The number of carbonyl (C=O) groups is 1. The molecule has 0 saturated carbocycles. The lowest BCUT2D eigenvalue weighted by molar-refractivity contribution is -0.125. The molecule has 4 rings (SSSR count). The fraction of sp³-hybridized carbons (Fsp3) is 0.269. The summed E-state index contributed by atoms with van der Waals surface area (Å²) in [5.74, 6) is 0.383. The molecular formula is C26H28N2O4S. The number of nitrogens with one attached hydrogen (secondary N) is 1. The third-order valence-electron chi connectivity index (χ3n) is 6.04. The van der Waals surface area contributed by atoms with Crippen molar-refractivity contribution in [3.05, 3.63) is 94.5 Å². The highest BCUT2D eigenvalue weighted by atomic mass is 32.2. The van der Waals surface area contributed by atoms with Crippen LogP contribution in [0.3, 0.4) is 0 Å². The first-order chi connectivity index (χ1) is 15.8. The normalized spacial score (nSPS) is 16.2. The number of hydrogen-bond donors (Lipinski definition) is 1. The van der Waals surface area contributed by atoms with E-state index in [1.165, 1.54) is 4.31 Å². The highest BCUT2D eigenvalue weighted by molar-refractivity contribution is 7.89. The summed E-state index contributed by atoms with van der Waals surface area (Å²) in [4.78, 5) is 13.6. The predicted octanol–water partition coefficient (Wildman–Crippen LogP) is 3.74. The maximum atomic E-state index is 13.8. The van der Waals surface area contributed by atoms with Gasteiger partial charge in [-0.3, -0.25) is 4.79 Å². The largest absolute Gasteiger partial charge is 0.497 e. The smallest absolute Gasteiger partial charge is 0.244 e. The topological polar surface area (TPSA) is 75.7 Å². The van der Waals surface area contributed by atoms with Gasteiger partial charge in [-0.2, -0.15) is 4.31 Å². The van der Waals surface area contributed by atoms with Crippen LogP contribution in [-0.4, -0.2) is 31.8 Å². The van der Waals surface area contributed by atoms with Gasteiger partial charge in [0.05, 0.1) is 12.0 Å². The minimum absolute atomic E-state index is 0.156. The maximum absolute atomic E-state index is 13.8. The van der Waals surface area contributed by atoms with Crippen LogP contribution >= 0.6 is 0 Å². The van der Waals surface area contributed by atoms with Crippen LogP contribution in [0.25, 0.3) is 0 Å². The van der Waals surface area contributed by atoms with Crippen molar-refractivity contribution in [1.29, 1.82) is 0 Å². The Morgan fingerprint density at radius 1 is 1.03 bits per heavy atom. The second-order valence-corrected chi connectivity index (χ2v) is 10.2. The van der Waals surface area contributed by atoms with E-state index >= 15 is 0 Å². The van der Waals surface area contributed by atoms with E-state index in [-0.39, 0.29) is 23.9 Å². The van der Waals surface area contributed by atoms with E-state index in [0.29, 0.717) is 17.7 Å². The van der Waals surface area contributed by atoms with Gasteiger partial charge in [-0.25, -0.2) is 8.42 Å². The van der Waals surface area contributed by atoms with Crippen LogP contribution < -0.4 is 10.1 Å². The van der Waals surface area contributed by atoms with Gasteiger partial charge in [0.2, 0.25) is 15.9 Å². The Morgan fingerprint density at radius 3 is 2.55 bits per heavy atom. The second kappa shape index (κ2) is 9.37. The Hall–Kier alpha value is -3.16. The molecule has 1 aliphatic rings. The second-order valence-electron chi connectivity index (χ2n) is 8.38. The molecule has 3 aromatic carbocycles. The van der Waals surface area contributed by atoms with Gasteiger partial charge < -0.3 is 10.1 Å². The molecule has 3 aromatic rings. The summed E-state index contributed by atoms with van der Waals surface area (Å²) in [5, 5.41) is 2.93. The van der Waals surface area contributed by atoms with Crippen molar-refractivity contribution in [2.24, 2.45) is 0 Å². The van der Waals surface area contributed by atoms with E-state index in [9.17, 15) is 13.2 Å². The molecule has 0 saturated heterocycles. The van der Waals surface area contributed by atoms with Gasteiger partial charge in [-0.15, -0.1) is 0 Å². The van der Waals surface area contributed by atoms with Crippen molar-refractivity contribution in [2.45, 2.75) is 44.3 Å². The van der Waals surface area contributed by atoms with Crippen LogP contribution in [-0.2, 0) is 34.3 Å². The highest BCUT2D eigenvalue weighted by Crippen LogP contribution is 2.31. The van der Waals surface area contributed by atoms with E-state index in [1.54, 1.807) is 26.2 Å². The van der Waals surface area contributed by atoms with E-state index < -0.39 is 16.1 Å². The Bertz CT molecular complexity index is 1290. The SMILES string of the molecule is COc1cccc(CNC(=O)C2Cc3ccccc3CN2S(=O)(=O)c2cc(C)ccc2C)c1. The zero-order valence-electron chi connectivity index (χ0n) is 19.0. The van der Waals surface area contributed by atoms with Crippen LogP contribution in [0.2, 0.25) is 0 Å². The zero-order chi connectivity index (χ0) is 23.6. The molecule has 1 heterocycles. The molecule has 7 heteroatoms. The molecule has 172 valence electrons. The lowest BCUT2D eigenvalue weighted by Gasteiger charge is -2.35. The first-order valence-electron chi connectivity index (χ1n) is 10.9. The number of benzene rings is 3. The minimum Gasteiger partial charge on any atom is -0.497 e. The molecule has 1 unspecified atom stereocenters. The van der Waals surface area contributed by atoms with Gasteiger partial charge in [0, 0.05) is 13.1 Å². The van der Waals surface area contributed by atoms with Gasteiger partial charge in [0.1, 0.15) is 11.8 Å². The minimum atomic E-state index is -3.89. The maximum Gasteiger partial charge on any atom is 0.244 e. The van der Waals surface area contributed by atoms with Gasteiger partial charge in [-0.05, 0) is 66.3 Å². The first-order valence-corrected chi connectivity index (χ1v) is 12.3. The molecule has 0 radical (unpaired) electrons. The van der Waals surface area contributed by atoms with Crippen LogP contribution in [0.1, 0.15) is 27.8 Å². The molecule has 0 bridgehead atoms. The van der Waals surface area contributed by atoms with E-state index in [2.05, 4.69) is 5.32 Å². The van der Waals surface area contributed by atoms with Gasteiger partial charge >= 0.3 is 0 Å². The summed E-state index contributed by atoms with van der Waals surface area (Å²) in [5.41, 5.74) is 4.31. The molecule has 1 atom stereocenters. The number of nitrogens with zero attached hydrogens (tertiary/aromatic N) is 1. The van der Waals surface area contributed by atoms with Crippen molar-refractivity contribution in [2.75, 3.05) is 7.11 Å². The first kappa shape index (κ1) is 23.0. The average Bonchev–Trinajstić information content (AvgIpc) is 2.83. The summed E-state index contributed by atoms with van der Waals surface area (Å²) in [6.07, 6.45) is 0.324. The average molecular weight is 465 g/mol. The van der Waals surface area contributed by atoms with Crippen LogP contribution in [0, 0.1) is 13.8 Å². The van der Waals surface area contributed by atoms with Crippen molar-refractivity contribution >= 4 is 15.9 Å². The van der Waals surface area contributed by atoms with Crippen molar-refractivity contribution in [3.8, 4) is 5.75 Å². The summed E-state index contributed by atoms with van der Waals surface area (Å²) in [7, 11) is -2.30. The zero-order valence-corrected chi connectivity index (χ0v) is 19.9. The van der Waals surface area contributed by atoms with Crippen molar-refractivity contribution < 1.29 is 17.9 Å². The van der Waals surface area contributed by atoms with Crippen LogP contribution in [0.15, 0.2) is 71.6 Å². The monoisotopic (exact) mass is 464 g/mol. The Kier molecular flexibility index (Phi) is 6.54. The number of rotatable bonds is 6. The van der Waals surface area contributed by atoms with E-state index in [1.807, 2.05) is 61.5 Å². The number of carbonyl (C=O) groups excluding carboxylic acids is 1. The number of methoxy groups -OCH3 is 1. The van der Waals surface area contributed by atoms with Gasteiger partial charge in [0.15, 0.2) is 0 Å². The van der Waals surface area contributed by atoms with Crippen LogP contribution in [0.5, 0.6) is 5.75 Å². The number of fused-ring (bicyclic) bond motifs is 1. The van der Waals surface area contributed by atoms with Crippen LogP contribution in [0.4, 0.5) is 0 Å². The molecule has 0 spiro atoms. The molecule has 33 heavy (non-hydrogen) atoms. The molecule has 6 nitrogen and oxygen atoms in total. The molecule has 1 N–H and O–H groups in total. The Morgan fingerprint density at radius 2 is 1.79 bits per heavy atom. The standard InChI is InChI=1S/C26H28N2O4S/c1-18-11-12-19(2)25(13-18)33(30,31)28-17-22-9-5-4-8-21(22)15-24(28)26(29)27-16-20-7-6-10-23(14-20)32-3/h4-14,24H,15-17H2,1-3H3,(H,27,29). The number of aryl methyl sites for hydroxylation is 2. The van der Waals surface area contributed by atoms with Crippen molar-refractivity contribution in [1.82, 2.24) is 9.62 Å². The number of sulfonamides is 1. The molecule has 0 fully saturated rings. The molecular weight excluding hydrogens is 436 g/mol.